The first-order chi connectivity index (χ1) is 21.7. The summed E-state index contributed by atoms with van der Waals surface area (Å²) < 4.78 is 17.8. The predicted octanol–water partition coefficient (Wildman–Crippen LogP) is 3.98. The lowest BCUT2D eigenvalue weighted by atomic mass is 9.64. The largest absolute Gasteiger partial charge is 0.497 e. The van der Waals surface area contributed by atoms with Crippen molar-refractivity contribution in [3.8, 4) is 11.5 Å². The first kappa shape index (κ1) is 32.2. The molecule has 0 saturated carbocycles. The monoisotopic (exact) mass is 617 g/mol. The van der Waals surface area contributed by atoms with E-state index in [0.717, 1.165) is 0 Å². The number of methoxy groups -OCH3 is 1. The van der Waals surface area contributed by atoms with Gasteiger partial charge in [-0.25, -0.2) is 0 Å². The van der Waals surface area contributed by atoms with Gasteiger partial charge in [0.1, 0.15) is 23.1 Å². The van der Waals surface area contributed by atoms with Gasteiger partial charge in [0.05, 0.1) is 37.8 Å². The van der Waals surface area contributed by atoms with E-state index in [-0.39, 0.29) is 44.0 Å². The third kappa shape index (κ3) is 5.29. The SMILES string of the molecule is C=CCN(C(=O)C1N(CCO)C(=O)[C@@H]2[C@H](C(=O)N(CC=C)c3ccc(OCC)cc3)[C@]3(CC)CCC12O3)c1ccc(OC)cc1. The highest BCUT2D eigenvalue weighted by molar-refractivity contribution is 6.07. The molecule has 10 heteroatoms. The van der Waals surface area contributed by atoms with Crippen molar-refractivity contribution in [3.63, 3.8) is 0 Å². The van der Waals surface area contributed by atoms with Crippen LogP contribution in [0.4, 0.5) is 11.4 Å². The molecule has 2 aromatic rings. The molecule has 5 rings (SSSR count). The minimum atomic E-state index is -1.23. The molecular weight excluding hydrogens is 574 g/mol. The van der Waals surface area contributed by atoms with Gasteiger partial charge in [0.2, 0.25) is 11.8 Å². The Morgan fingerprint density at radius 3 is 2.07 bits per heavy atom. The van der Waals surface area contributed by atoms with Crippen LogP contribution in [0.1, 0.15) is 33.1 Å². The molecule has 0 aliphatic carbocycles. The van der Waals surface area contributed by atoms with E-state index in [2.05, 4.69) is 13.2 Å². The van der Waals surface area contributed by atoms with Crippen molar-refractivity contribution in [1.29, 1.82) is 0 Å². The van der Waals surface area contributed by atoms with Crippen LogP contribution in [0.2, 0.25) is 0 Å². The molecule has 3 amide bonds. The average Bonchev–Trinajstić information content (AvgIpc) is 3.66. The number of carbonyl (C=O) groups excluding carboxylic acids is 3. The van der Waals surface area contributed by atoms with Gasteiger partial charge in [0, 0.05) is 31.0 Å². The van der Waals surface area contributed by atoms with Gasteiger partial charge in [-0.15, -0.1) is 13.2 Å². The summed E-state index contributed by atoms with van der Waals surface area (Å²) in [6, 6.07) is 13.3. The van der Waals surface area contributed by atoms with Crippen LogP contribution in [0.15, 0.2) is 73.8 Å². The average molecular weight is 618 g/mol. The normalized spacial score (nSPS) is 26.4. The number of likely N-dealkylation sites (tertiary alicyclic amines) is 1. The maximum atomic E-state index is 14.7. The van der Waals surface area contributed by atoms with Crippen LogP contribution in [-0.4, -0.2) is 84.9 Å². The summed E-state index contributed by atoms with van der Waals surface area (Å²) in [6.45, 7) is 12.1. The molecule has 1 spiro atoms. The third-order valence-corrected chi connectivity index (χ3v) is 9.52. The maximum absolute atomic E-state index is 14.7. The van der Waals surface area contributed by atoms with Crippen molar-refractivity contribution in [1.82, 2.24) is 4.90 Å². The summed E-state index contributed by atoms with van der Waals surface area (Å²) in [6.07, 6.45) is 4.74. The fraction of sp³-hybridized carbons (Fsp3) is 0.457. The summed E-state index contributed by atoms with van der Waals surface area (Å²) in [5.41, 5.74) is -0.900. The molecule has 1 N–H and O–H groups in total. The zero-order valence-electron chi connectivity index (χ0n) is 26.3. The van der Waals surface area contributed by atoms with Crippen molar-refractivity contribution in [2.24, 2.45) is 11.8 Å². The molecule has 0 aromatic heterocycles. The van der Waals surface area contributed by atoms with Crippen molar-refractivity contribution in [2.45, 2.75) is 50.4 Å². The number of hydrogen-bond donors (Lipinski definition) is 1. The van der Waals surface area contributed by atoms with Gasteiger partial charge in [0.25, 0.3) is 5.91 Å². The molecule has 10 nitrogen and oxygen atoms in total. The van der Waals surface area contributed by atoms with Crippen LogP contribution >= 0.6 is 0 Å². The van der Waals surface area contributed by atoms with E-state index in [1.165, 1.54) is 4.90 Å². The molecule has 3 fully saturated rings. The van der Waals surface area contributed by atoms with E-state index in [4.69, 9.17) is 14.2 Å². The molecule has 45 heavy (non-hydrogen) atoms. The second-order valence-corrected chi connectivity index (χ2v) is 11.7. The third-order valence-electron chi connectivity index (χ3n) is 9.52. The van der Waals surface area contributed by atoms with E-state index >= 15 is 0 Å². The topological polar surface area (TPSA) is 109 Å². The van der Waals surface area contributed by atoms with Gasteiger partial charge < -0.3 is 34.0 Å². The van der Waals surface area contributed by atoms with Crippen LogP contribution < -0.4 is 19.3 Å². The molecule has 3 heterocycles. The minimum absolute atomic E-state index is 0.0588. The number of anilines is 2. The highest BCUT2D eigenvalue weighted by Crippen LogP contribution is 2.64. The van der Waals surface area contributed by atoms with Crippen LogP contribution in [0.3, 0.4) is 0 Å². The van der Waals surface area contributed by atoms with Gasteiger partial charge in [-0.2, -0.15) is 0 Å². The first-order valence-corrected chi connectivity index (χ1v) is 15.6. The van der Waals surface area contributed by atoms with Gasteiger partial charge in [-0.05, 0) is 74.7 Å². The van der Waals surface area contributed by atoms with Gasteiger partial charge >= 0.3 is 0 Å². The van der Waals surface area contributed by atoms with Crippen molar-refractivity contribution in [2.75, 3.05) is 49.8 Å². The molecule has 2 aromatic carbocycles. The Kier molecular flexibility index (Phi) is 9.36. The fourth-order valence-corrected chi connectivity index (χ4v) is 7.59. The van der Waals surface area contributed by atoms with Crippen LogP contribution in [-0.2, 0) is 19.1 Å². The second kappa shape index (κ2) is 13.1. The lowest BCUT2D eigenvalue weighted by molar-refractivity contribution is -0.146. The van der Waals surface area contributed by atoms with E-state index in [1.54, 1.807) is 53.3 Å². The standard InChI is InChI=1S/C35H43N3O7/c1-6-20-36(24-12-16-27(17-13-24)44-9-4)31(40)28-29-32(41)38(22-23-39)30(35(29)19-18-34(28,8-3)45-35)33(42)37(21-7-2)25-10-14-26(43-5)15-11-25/h6-7,10-17,28-30,39H,1-2,8-9,18-23H2,3-5H3/t28-,29+,30?,34+,35?/m1/s1. The van der Waals surface area contributed by atoms with Crippen molar-refractivity contribution >= 4 is 29.1 Å². The summed E-state index contributed by atoms with van der Waals surface area (Å²) in [5.74, 6) is -1.35. The smallest absolute Gasteiger partial charge is 0.253 e. The Labute approximate surface area is 264 Å². The highest BCUT2D eigenvalue weighted by atomic mass is 16.5. The molecule has 0 radical (unpaired) electrons. The number of rotatable bonds is 14. The lowest BCUT2D eigenvalue weighted by Crippen LogP contribution is -2.57. The van der Waals surface area contributed by atoms with E-state index in [1.807, 2.05) is 38.1 Å². The fourth-order valence-electron chi connectivity index (χ4n) is 7.59. The molecule has 3 aliphatic heterocycles. The van der Waals surface area contributed by atoms with Crippen LogP contribution in [0.25, 0.3) is 0 Å². The summed E-state index contributed by atoms with van der Waals surface area (Å²) in [4.78, 5) is 48.3. The zero-order chi connectivity index (χ0) is 32.4. The van der Waals surface area contributed by atoms with E-state index < -0.39 is 29.1 Å². The van der Waals surface area contributed by atoms with Crippen LogP contribution in [0, 0.1) is 11.8 Å². The molecule has 5 atom stereocenters. The molecule has 3 aliphatic rings. The number of carbonyl (C=O) groups is 3. The minimum Gasteiger partial charge on any atom is -0.497 e. The Bertz CT molecular complexity index is 1430. The highest BCUT2D eigenvalue weighted by Gasteiger charge is 2.79. The van der Waals surface area contributed by atoms with Crippen molar-refractivity contribution in [3.05, 3.63) is 73.8 Å². The lowest BCUT2D eigenvalue weighted by Gasteiger charge is -2.37. The Morgan fingerprint density at radius 1 is 0.978 bits per heavy atom. The predicted molar refractivity (Wildman–Crippen MR) is 171 cm³/mol. The summed E-state index contributed by atoms with van der Waals surface area (Å²) in [7, 11) is 1.57. The van der Waals surface area contributed by atoms with Gasteiger partial charge in [0.15, 0.2) is 0 Å². The number of ether oxygens (including phenoxy) is 3. The van der Waals surface area contributed by atoms with Crippen LogP contribution in [0.5, 0.6) is 11.5 Å². The first-order valence-electron chi connectivity index (χ1n) is 15.6. The van der Waals surface area contributed by atoms with Crippen molar-refractivity contribution < 1.29 is 33.7 Å². The molecule has 2 unspecified atom stereocenters. The number of aliphatic hydroxyl groups excluding tert-OH is 1. The zero-order valence-corrected chi connectivity index (χ0v) is 26.3. The second-order valence-electron chi connectivity index (χ2n) is 11.7. The van der Waals surface area contributed by atoms with Gasteiger partial charge in [-0.3, -0.25) is 14.4 Å². The Balaban J connectivity index is 1.57. The number of aliphatic hydroxyl groups is 1. The number of nitrogens with zero attached hydrogens (tertiary/aromatic N) is 3. The maximum Gasteiger partial charge on any atom is 0.253 e. The number of fused-ring (bicyclic) bond motifs is 1. The van der Waals surface area contributed by atoms with E-state index in [9.17, 15) is 19.5 Å². The van der Waals surface area contributed by atoms with E-state index in [0.29, 0.717) is 48.7 Å². The summed E-state index contributed by atoms with van der Waals surface area (Å²) >= 11 is 0. The quantitative estimate of drug-likeness (QED) is 0.320. The molecular formula is C35H43N3O7. The van der Waals surface area contributed by atoms with Gasteiger partial charge in [-0.1, -0.05) is 19.1 Å². The molecule has 240 valence electrons. The number of amides is 3. The Hall–Kier alpha value is -4.15. The summed E-state index contributed by atoms with van der Waals surface area (Å²) in [5, 5.41) is 10.0. The number of β-amino-alcohol motifs (C(OH)–C–C–N with tert-alkyl or cyclic N) is 1. The Morgan fingerprint density at radius 2 is 1.56 bits per heavy atom. The number of hydrogen-bond acceptors (Lipinski definition) is 7. The number of benzene rings is 2. The molecule has 3 saturated heterocycles. The molecule has 2 bridgehead atoms.